The molecule has 0 aromatic heterocycles. The molecule has 0 atom stereocenters. The van der Waals surface area contributed by atoms with Crippen molar-refractivity contribution in [2.24, 2.45) is 0 Å². The zero-order valence-corrected chi connectivity index (χ0v) is 16.4. The number of carbonyl (C=O) groups excluding carboxylic acids is 2. The van der Waals surface area contributed by atoms with E-state index < -0.39 is 5.97 Å². The van der Waals surface area contributed by atoms with Crippen molar-refractivity contribution in [1.29, 1.82) is 0 Å². The number of esters is 1. The highest BCUT2D eigenvalue weighted by atomic mass is 16.6. The number of rotatable bonds is 8. The van der Waals surface area contributed by atoms with Gasteiger partial charge in [0.05, 0.1) is 20.3 Å². The van der Waals surface area contributed by atoms with Crippen LogP contribution in [0.3, 0.4) is 0 Å². The number of benzene rings is 2. The van der Waals surface area contributed by atoms with Crippen LogP contribution in [0, 0.1) is 0 Å². The summed E-state index contributed by atoms with van der Waals surface area (Å²) in [5, 5.41) is 0. The smallest absolute Gasteiger partial charge is 0.344 e. The first-order valence-corrected chi connectivity index (χ1v) is 9.38. The quantitative estimate of drug-likeness (QED) is 0.644. The average Bonchev–Trinajstić information content (AvgIpc) is 3.08. The molecule has 0 bridgehead atoms. The Bertz CT molecular complexity index is 887. The lowest BCUT2D eigenvalue weighted by molar-refractivity contribution is -0.145. The predicted octanol–water partition coefficient (Wildman–Crippen LogP) is 3.83. The summed E-state index contributed by atoms with van der Waals surface area (Å²) in [7, 11) is 1.55. The number of ketones is 1. The van der Waals surface area contributed by atoms with Crippen molar-refractivity contribution >= 4 is 11.8 Å². The van der Waals surface area contributed by atoms with Crippen LogP contribution >= 0.6 is 0 Å². The van der Waals surface area contributed by atoms with Gasteiger partial charge in [0, 0.05) is 17.5 Å². The first-order chi connectivity index (χ1) is 13.6. The standard InChI is InChI=1S/C22H24O6/c1-4-26-20(24)13-28-21-17(10-12-19(25-3)22(21)27-5-2)14-7-6-8-16-15(14)9-11-18(16)23/h6-8,10,12H,4-5,9,11,13H2,1-3H3. The van der Waals surface area contributed by atoms with E-state index in [1.165, 1.54) is 0 Å². The highest BCUT2D eigenvalue weighted by molar-refractivity contribution is 6.02. The maximum absolute atomic E-state index is 12.2. The van der Waals surface area contributed by atoms with Gasteiger partial charge in [-0.15, -0.1) is 0 Å². The molecule has 3 rings (SSSR count). The predicted molar refractivity (Wildman–Crippen MR) is 104 cm³/mol. The normalized spacial score (nSPS) is 12.5. The Morgan fingerprint density at radius 1 is 0.929 bits per heavy atom. The van der Waals surface area contributed by atoms with E-state index >= 15 is 0 Å². The van der Waals surface area contributed by atoms with E-state index in [1.807, 2.05) is 31.2 Å². The molecule has 0 saturated heterocycles. The summed E-state index contributed by atoms with van der Waals surface area (Å²) in [5.74, 6) is 1.01. The summed E-state index contributed by atoms with van der Waals surface area (Å²) in [4.78, 5) is 24.0. The number of hydrogen-bond acceptors (Lipinski definition) is 6. The Labute approximate surface area is 164 Å². The van der Waals surface area contributed by atoms with Gasteiger partial charge in [-0.05, 0) is 43.5 Å². The Balaban J connectivity index is 2.12. The van der Waals surface area contributed by atoms with Crippen molar-refractivity contribution in [2.45, 2.75) is 26.7 Å². The third-order valence-corrected chi connectivity index (χ3v) is 4.59. The molecule has 28 heavy (non-hydrogen) atoms. The number of hydrogen-bond donors (Lipinski definition) is 0. The van der Waals surface area contributed by atoms with E-state index in [2.05, 4.69) is 0 Å². The van der Waals surface area contributed by atoms with Crippen molar-refractivity contribution < 1.29 is 28.5 Å². The summed E-state index contributed by atoms with van der Waals surface area (Å²) in [6.07, 6.45) is 1.18. The SMILES string of the molecule is CCOC(=O)COc1c(-c2cccc3c2CCC3=O)ccc(OC)c1OCC. The van der Waals surface area contributed by atoms with Crippen molar-refractivity contribution in [3.05, 3.63) is 41.5 Å². The van der Waals surface area contributed by atoms with Gasteiger partial charge in [0.2, 0.25) is 5.75 Å². The molecular formula is C22H24O6. The summed E-state index contributed by atoms with van der Waals surface area (Å²) in [6, 6.07) is 9.32. The molecule has 0 amide bonds. The second kappa shape index (κ2) is 8.78. The van der Waals surface area contributed by atoms with Crippen LogP contribution in [0.1, 0.15) is 36.2 Å². The van der Waals surface area contributed by atoms with E-state index in [0.717, 1.165) is 22.3 Å². The van der Waals surface area contributed by atoms with Crippen LogP contribution in [0.5, 0.6) is 17.2 Å². The molecule has 1 aliphatic rings. The van der Waals surface area contributed by atoms with Gasteiger partial charge >= 0.3 is 5.97 Å². The molecule has 0 unspecified atom stereocenters. The fourth-order valence-electron chi connectivity index (χ4n) is 3.42. The average molecular weight is 384 g/mol. The third-order valence-electron chi connectivity index (χ3n) is 4.59. The molecule has 0 saturated carbocycles. The number of ether oxygens (including phenoxy) is 4. The van der Waals surface area contributed by atoms with E-state index in [9.17, 15) is 9.59 Å². The lowest BCUT2D eigenvalue weighted by Crippen LogP contribution is -2.15. The van der Waals surface area contributed by atoms with Crippen LogP contribution < -0.4 is 14.2 Å². The van der Waals surface area contributed by atoms with Crippen LogP contribution in [0.25, 0.3) is 11.1 Å². The molecular weight excluding hydrogens is 360 g/mol. The molecule has 1 aliphatic carbocycles. The molecule has 0 N–H and O–H groups in total. The number of Topliss-reactive ketones (excluding diaryl/α,β-unsaturated/α-hetero) is 1. The summed E-state index contributed by atoms with van der Waals surface area (Å²) in [6.45, 7) is 4.04. The summed E-state index contributed by atoms with van der Waals surface area (Å²) in [5.41, 5.74) is 3.37. The molecule has 6 nitrogen and oxygen atoms in total. The largest absolute Gasteiger partial charge is 0.493 e. The molecule has 148 valence electrons. The van der Waals surface area contributed by atoms with E-state index in [0.29, 0.717) is 36.7 Å². The summed E-state index contributed by atoms with van der Waals surface area (Å²) < 4.78 is 22.0. The van der Waals surface area contributed by atoms with E-state index in [-0.39, 0.29) is 19.0 Å². The Kier molecular flexibility index (Phi) is 6.19. The van der Waals surface area contributed by atoms with Crippen LogP contribution in [-0.2, 0) is 16.0 Å². The van der Waals surface area contributed by atoms with E-state index in [1.54, 1.807) is 20.1 Å². The molecule has 6 heteroatoms. The van der Waals surface area contributed by atoms with Crippen LogP contribution in [0.2, 0.25) is 0 Å². The minimum Gasteiger partial charge on any atom is -0.493 e. The molecule has 0 radical (unpaired) electrons. The minimum absolute atomic E-state index is 0.143. The second-order valence-electron chi connectivity index (χ2n) is 6.26. The fraction of sp³-hybridized carbons (Fsp3) is 0.364. The van der Waals surface area contributed by atoms with Crippen LogP contribution in [-0.4, -0.2) is 38.7 Å². The van der Waals surface area contributed by atoms with Gasteiger partial charge in [0.1, 0.15) is 0 Å². The molecule has 0 spiro atoms. The Morgan fingerprint density at radius 3 is 2.43 bits per heavy atom. The Morgan fingerprint density at radius 2 is 1.71 bits per heavy atom. The molecule has 2 aromatic carbocycles. The highest BCUT2D eigenvalue weighted by Gasteiger charge is 2.26. The second-order valence-corrected chi connectivity index (χ2v) is 6.26. The number of carbonyl (C=O) groups is 2. The van der Waals surface area contributed by atoms with Gasteiger partial charge in [-0.1, -0.05) is 18.2 Å². The van der Waals surface area contributed by atoms with Gasteiger partial charge in [0.15, 0.2) is 23.9 Å². The van der Waals surface area contributed by atoms with Crippen molar-refractivity contribution in [1.82, 2.24) is 0 Å². The van der Waals surface area contributed by atoms with Crippen molar-refractivity contribution in [2.75, 3.05) is 26.9 Å². The van der Waals surface area contributed by atoms with Crippen LogP contribution in [0.15, 0.2) is 30.3 Å². The van der Waals surface area contributed by atoms with Gasteiger partial charge in [0.25, 0.3) is 0 Å². The lowest BCUT2D eigenvalue weighted by Gasteiger charge is -2.19. The molecule has 0 heterocycles. The number of fused-ring (bicyclic) bond motifs is 1. The van der Waals surface area contributed by atoms with Gasteiger partial charge in [-0.3, -0.25) is 4.79 Å². The minimum atomic E-state index is -0.466. The van der Waals surface area contributed by atoms with Crippen LogP contribution in [0.4, 0.5) is 0 Å². The van der Waals surface area contributed by atoms with Crippen molar-refractivity contribution in [3.8, 4) is 28.4 Å². The maximum Gasteiger partial charge on any atom is 0.344 e. The molecule has 0 fully saturated rings. The zero-order valence-electron chi connectivity index (χ0n) is 16.4. The zero-order chi connectivity index (χ0) is 20.1. The van der Waals surface area contributed by atoms with Gasteiger partial charge < -0.3 is 18.9 Å². The highest BCUT2D eigenvalue weighted by Crippen LogP contribution is 2.46. The lowest BCUT2D eigenvalue weighted by atomic mass is 9.95. The first kappa shape index (κ1) is 19.7. The van der Waals surface area contributed by atoms with Crippen molar-refractivity contribution in [3.63, 3.8) is 0 Å². The first-order valence-electron chi connectivity index (χ1n) is 9.38. The molecule has 0 aliphatic heterocycles. The number of methoxy groups -OCH3 is 1. The topological polar surface area (TPSA) is 71.1 Å². The maximum atomic E-state index is 12.2. The van der Waals surface area contributed by atoms with E-state index in [4.69, 9.17) is 18.9 Å². The Hall–Kier alpha value is -3.02. The van der Waals surface area contributed by atoms with Gasteiger partial charge in [-0.25, -0.2) is 4.79 Å². The summed E-state index contributed by atoms with van der Waals surface area (Å²) >= 11 is 0. The third kappa shape index (κ3) is 3.81. The van der Waals surface area contributed by atoms with Gasteiger partial charge in [-0.2, -0.15) is 0 Å². The molecule has 2 aromatic rings. The fourth-order valence-corrected chi connectivity index (χ4v) is 3.42. The monoisotopic (exact) mass is 384 g/mol.